The Hall–Kier alpha value is -3.08. The van der Waals surface area contributed by atoms with E-state index in [2.05, 4.69) is 19.9 Å². The van der Waals surface area contributed by atoms with E-state index in [4.69, 9.17) is 14.0 Å². The fraction of sp³-hybridized carbons (Fsp3) is 0.533. The molecule has 0 aromatic carbocycles. The first-order valence-electron chi connectivity index (χ1n) is 8.89. The van der Waals surface area contributed by atoms with Crippen LogP contribution in [0.5, 0.6) is 0 Å². The lowest BCUT2D eigenvalue weighted by molar-refractivity contribution is -0.848. The number of Topliss-reactive ketones (excluding diaryl/α,β-unsaturated/α-hetero) is 1. The van der Waals surface area contributed by atoms with Gasteiger partial charge in [-0.3, -0.25) is 14.1 Å². The standard InChI is InChI=1S/C15H21N5O9S.H2O/c1-3-16-14(22)12(21)13-17-10(19-5-7-27-8-6-19)9-11(18-15(23)28-4-2)20(13)29-30(24,25)26;/h9H,3-8H2,1-2H3,(H2,16,22,24,25,26);1H2. The molecule has 0 atom stereocenters. The molecular formula is C15H23N5O10S. The van der Waals surface area contributed by atoms with Gasteiger partial charge in [-0.15, -0.1) is 0 Å². The summed E-state index contributed by atoms with van der Waals surface area (Å²) in [6.45, 7) is 4.69. The number of anilines is 2. The number of hydrogen-bond acceptors (Lipinski definition) is 11. The molecule has 0 aliphatic carbocycles. The fourth-order valence-corrected chi connectivity index (χ4v) is 2.79. The van der Waals surface area contributed by atoms with Crippen LogP contribution in [-0.2, 0) is 24.7 Å². The van der Waals surface area contributed by atoms with E-state index in [1.807, 2.05) is 0 Å². The highest BCUT2D eigenvalue weighted by molar-refractivity contribution is 7.80. The number of aromatic nitrogens is 2. The predicted octanol–water partition coefficient (Wildman–Crippen LogP) is -1.85. The molecule has 0 bridgehead atoms. The molecule has 174 valence electrons. The fourth-order valence-electron chi connectivity index (χ4n) is 2.45. The highest BCUT2D eigenvalue weighted by Gasteiger charge is 2.35. The van der Waals surface area contributed by atoms with E-state index in [-0.39, 0.29) is 29.2 Å². The summed E-state index contributed by atoms with van der Waals surface area (Å²) in [7, 11) is -5.17. The summed E-state index contributed by atoms with van der Waals surface area (Å²) in [5.41, 5.74) is 0. The van der Waals surface area contributed by atoms with Crippen LogP contribution in [0.2, 0.25) is 0 Å². The van der Waals surface area contributed by atoms with Gasteiger partial charge in [-0.2, -0.15) is 8.42 Å². The lowest BCUT2D eigenvalue weighted by atomic mass is 10.3. The normalized spacial score (nSPS) is 13.6. The van der Waals surface area contributed by atoms with Gasteiger partial charge in [0.25, 0.3) is 11.7 Å². The zero-order chi connectivity index (χ0) is 22.3. The molecule has 1 aromatic rings. The Balaban J connectivity index is 0.00000480. The van der Waals surface area contributed by atoms with Gasteiger partial charge >= 0.3 is 28.1 Å². The molecule has 2 amide bonds. The average Bonchev–Trinajstić information content (AvgIpc) is 2.68. The highest BCUT2D eigenvalue weighted by atomic mass is 32.3. The third-order valence-corrected chi connectivity index (χ3v) is 3.99. The van der Waals surface area contributed by atoms with E-state index in [1.54, 1.807) is 11.8 Å². The van der Waals surface area contributed by atoms with Gasteiger partial charge in [-0.1, -0.05) is 4.98 Å². The summed E-state index contributed by atoms with van der Waals surface area (Å²) < 4.78 is 46.4. The summed E-state index contributed by atoms with van der Waals surface area (Å²) in [5.74, 6) is -3.45. The maximum absolute atomic E-state index is 12.6. The number of nitrogens with one attached hydrogen (secondary N) is 2. The minimum absolute atomic E-state index is 0. The Morgan fingerprint density at radius 3 is 2.48 bits per heavy atom. The quantitative estimate of drug-likeness (QED) is 0.167. The second-order valence-electron chi connectivity index (χ2n) is 5.75. The molecule has 2 heterocycles. The molecule has 31 heavy (non-hydrogen) atoms. The van der Waals surface area contributed by atoms with Gasteiger partial charge in [0.15, 0.2) is 0 Å². The zero-order valence-corrected chi connectivity index (χ0v) is 17.5. The van der Waals surface area contributed by atoms with E-state index in [0.29, 0.717) is 26.3 Å². The molecule has 1 fully saturated rings. The topological polar surface area (TPSA) is 207 Å². The zero-order valence-electron chi connectivity index (χ0n) is 16.7. The highest BCUT2D eigenvalue weighted by Crippen LogP contribution is 2.17. The van der Waals surface area contributed by atoms with Crippen LogP contribution in [0.3, 0.4) is 0 Å². The van der Waals surface area contributed by atoms with Crippen LogP contribution in [0.25, 0.3) is 0 Å². The van der Waals surface area contributed by atoms with Gasteiger partial charge in [-0.25, -0.2) is 14.4 Å². The molecule has 1 aliphatic heterocycles. The molecule has 2 rings (SSSR count). The van der Waals surface area contributed by atoms with Crippen molar-refractivity contribution in [2.45, 2.75) is 13.8 Å². The number of ether oxygens (including phenoxy) is 2. The van der Waals surface area contributed by atoms with E-state index < -0.39 is 39.8 Å². The number of carbonyl (C=O) groups is 3. The van der Waals surface area contributed by atoms with Crippen LogP contribution in [0.1, 0.15) is 24.5 Å². The predicted molar refractivity (Wildman–Crippen MR) is 101 cm³/mol. The summed E-state index contributed by atoms with van der Waals surface area (Å²) in [5, 5.41) is 4.46. The Bertz CT molecular complexity index is 917. The first kappa shape index (κ1) is 26.0. The molecule has 4 N–H and O–H groups in total. The molecule has 0 radical (unpaired) electrons. The molecule has 0 saturated carbocycles. The Kier molecular flexibility index (Phi) is 9.50. The van der Waals surface area contributed by atoms with Crippen molar-refractivity contribution >= 4 is 39.8 Å². The number of hydrogen-bond donors (Lipinski definition) is 3. The van der Waals surface area contributed by atoms with Crippen LogP contribution in [-0.4, -0.2) is 80.7 Å². The van der Waals surface area contributed by atoms with E-state index in [0.717, 1.165) is 0 Å². The van der Waals surface area contributed by atoms with Crippen molar-refractivity contribution in [2.24, 2.45) is 0 Å². The van der Waals surface area contributed by atoms with Crippen molar-refractivity contribution in [3.8, 4) is 0 Å². The van der Waals surface area contributed by atoms with E-state index >= 15 is 0 Å². The van der Waals surface area contributed by atoms with Gasteiger partial charge < -0.3 is 25.2 Å². The Morgan fingerprint density at radius 2 is 1.94 bits per heavy atom. The van der Waals surface area contributed by atoms with Gasteiger partial charge in [0.05, 0.1) is 25.9 Å². The van der Waals surface area contributed by atoms with E-state index in [9.17, 15) is 22.8 Å². The SMILES string of the molecule is CCNC(=O)C(=O)c1nc(N2CCOCC2)cc(NC(=O)OCC)[n+]1OS(=O)(=O)O.[OH-]. The van der Waals surface area contributed by atoms with Crippen molar-refractivity contribution in [3.63, 3.8) is 0 Å². The Labute approximate surface area is 177 Å². The van der Waals surface area contributed by atoms with Crippen LogP contribution in [0, 0.1) is 0 Å². The minimum atomic E-state index is -5.17. The molecule has 1 aliphatic rings. The molecule has 15 nitrogen and oxygen atoms in total. The average molecular weight is 465 g/mol. The second-order valence-corrected chi connectivity index (χ2v) is 6.76. The molecule has 0 unspecified atom stereocenters. The van der Waals surface area contributed by atoms with Crippen LogP contribution < -0.4 is 24.5 Å². The summed E-state index contributed by atoms with van der Waals surface area (Å²) in [4.78, 5) is 42.3. The van der Waals surface area contributed by atoms with Crippen molar-refractivity contribution in [3.05, 3.63) is 11.9 Å². The van der Waals surface area contributed by atoms with Gasteiger partial charge in [0.1, 0.15) is 0 Å². The van der Waals surface area contributed by atoms with Crippen LogP contribution >= 0.6 is 0 Å². The first-order chi connectivity index (χ1) is 14.2. The maximum Gasteiger partial charge on any atom is 0.476 e. The monoisotopic (exact) mass is 465 g/mol. The summed E-state index contributed by atoms with van der Waals surface area (Å²) in [6.07, 6.45) is -0.999. The second kappa shape index (κ2) is 11.3. The van der Waals surface area contributed by atoms with Gasteiger partial charge in [-0.05, 0) is 18.6 Å². The largest absolute Gasteiger partial charge is 0.870 e. The lowest BCUT2D eigenvalue weighted by Crippen LogP contribution is -2.55. The van der Waals surface area contributed by atoms with Crippen molar-refractivity contribution in [1.82, 2.24) is 10.3 Å². The number of carbonyl (C=O) groups excluding carboxylic acids is 3. The summed E-state index contributed by atoms with van der Waals surface area (Å²) >= 11 is 0. The number of ketones is 1. The van der Waals surface area contributed by atoms with Crippen LogP contribution in [0.15, 0.2) is 6.07 Å². The molecule has 0 spiro atoms. The molecule has 1 aromatic heterocycles. The molecule has 1 saturated heterocycles. The van der Waals surface area contributed by atoms with Crippen molar-refractivity contribution < 1.29 is 51.3 Å². The third kappa shape index (κ3) is 7.28. The van der Waals surface area contributed by atoms with Crippen LogP contribution in [0.4, 0.5) is 16.4 Å². The Morgan fingerprint density at radius 1 is 1.29 bits per heavy atom. The van der Waals surface area contributed by atoms with Crippen molar-refractivity contribution in [1.29, 1.82) is 0 Å². The maximum atomic E-state index is 12.6. The number of nitrogens with zero attached hydrogens (tertiary/aromatic N) is 3. The van der Waals surface area contributed by atoms with Gasteiger partial charge in [0.2, 0.25) is 5.82 Å². The number of morpholine rings is 1. The number of likely N-dealkylation sites (N-methyl/N-ethyl adjacent to an activating group) is 1. The first-order valence-corrected chi connectivity index (χ1v) is 10.3. The van der Waals surface area contributed by atoms with Gasteiger partial charge in [0, 0.05) is 19.6 Å². The third-order valence-electron chi connectivity index (χ3n) is 3.65. The van der Waals surface area contributed by atoms with Crippen molar-refractivity contribution in [2.75, 3.05) is 49.7 Å². The lowest BCUT2D eigenvalue weighted by Gasteiger charge is -2.26. The van der Waals surface area contributed by atoms with E-state index in [1.165, 1.54) is 13.0 Å². The summed E-state index contributed by atoms with van der Waals surface area (Å²) in [6, 6.07) is 1.20. The molecular weight excluding hydrogens is 442 g/mol. The number of amides is 2. The molecule has 16 heteroatoms. The smallest absolute Gasteiger partial charge is 0.476 e. The minimum Gasteiger partial charge on any atom is -0.870 e. The number of rotatable bonds is 8.